The number of hydrogen-bond acceptors (Lipinski definition) is 2. The van der Waals surface area contributed by atoms with Gasteiger partial charge in [0.1, 0.15) is 0 Å². The number of carboxylic acid groups (broad SMARTS) is 1. The average Bonchev–Trinajstić information content (AvgIpc) is 1.96. The summed E-state index contributed by atoms with van der Waals surface area (Å²) in [5.41, 5.74) is 0.139. The lowest BCUT2D eigenvalue weighted by atomic mass is 9.61. The van der Waals surface area contributed by atoms with Crippen LogP contribution in [0.5, 0.6) is 0 Å². The van der Waals surface area contributed by atoms with Gasteiger partial charge in [0.05, 0.1) is 0 Å². The number of piperidine rings is 1. The molecule has 2 N–H and O–H groups in total. The molecule has 0 aliphatic carbocycles. The first kappa shape index (κ1) is 11.5. The van der Waals surface area contributed by atoms with Crippen molar-refractivity contribution in [2.24, 2.45) is 16.7 Å². The third-order valence-corrected chi connectivity index (χ3v) is 3.43. The first-order valence-corrected chi connectivity index (χ1v) is 5.18. The van der Waals surface area contributed by atoms with Gasteiger partial charge in [0.15, 0.2) is 0 Å². The summed E-state index contributed by atoms with van der Waals surface area (Å²) in [4.78, 5) is 10.8. The molecule has 1 rings (SSSR count). The molecule has 1 heterocycles. The largest absolute Gasteiger partial charge is 0.481 e. The molecule has 14 heavy (non-hydrogen) atoms. The van der Waals surface area contributed by atoms with Crippen LogP contribution in [0.1, 0.15) is 34.1 Å². The summed E-state index contributed by atoms with van der Waals surface area (Å²) in [6.07, 6.45) is 0.279. The highest BCUT2D eigenvalue weighted by Crippen LogP contribution is 2.44. The van der Waals surface area contributed by atoms with E-state index >= 15 is 0 Å². The number of hydrogen-bond donors (Lipinski definition) is 2. The summed E-state index contributed by atoms with van der Waals surface area (Å²) < 4.78 is 0. The Morgan fingerprint density at radius 2 is 1.71 bits per heavy atom. The number of rotatable bonds is 2. The average molecular weight is 199 g/mol. The highest BCUT2D eigenvalue weighted by atomic mass is 16.4. The van der Waals surface area contributed by atoms with Crippen LogP contribution in [0.25, 0.3) is 0 Å². The molecule has 0 atom stereocenters. The molecule has 1 saturated heterocycles. The van der Waals surface area contributed by atoms with E-state index in [9.17, 15) is 4.79 Å². The van der Waals surface area contributed by atoms with E-state index in [4.69, 9.17) is 5.11 Å². The Kier molecular flexibility index (Phi) is 2.91. The fraction of sp³-hybridized carbons (Fsp3) is 0.909. The van der Waals surface area contributed by atoms with Crippen molar-refractivity contribution in [1.82, 2.24) is 5.32 Å². The molecule has 1 aliphatic heterocycles. The van der Waals surface area contributed by atoms with Gasteiger partial charge in [-0.1, -0.05) is 27.7 Å². The van der Waals surface area contributed by atoms with Crippen molar-refractivity contribution in [3.05, 3.63) is 0 Å². The predicted octanol–water partition coefficient (Wildman–Crippen LogP) is 1.73. The Hall–Kier alpha value is -0.570. The van der Waals surface area contributed by atoms with Gasteiger partial charge in [0, 0.05) is 19.5 Å². The zero-order chi connectivity index (χ0) is 11.0. The van der Waals surface area contributed by atoms with E-state index in [1.54, 1.807) is 0 Å². The van der Waals surface area contributed by atoms with Gasteiger partial charge in [-0.15, -0.1) is 0 Å². The molecule has 0 saturated carbocycles. The van der Waals surface area contributed by atoms with Crippen LogP contribution < -0.4 is 5.32 Å². The molecule has 1 aliphatic rings. The summed E-state index contributed by atoms with van der Waals surface area (Å²) >= 11 is 0. The molecule has 0 radical (unpaired) electrons. The summed E-state index contributed by atoms with van der Waals surface area (Å²) in [5.74, 6) is -0.438. The van der Waals surface area contributed by atoms with Gasteiger partial charge < -0.3 is 10.4 Å². The van der Waals surface area contributed by atoms with Crippen LogP contribution in [0, 0.1) is 16.7 Å². The van der Waals surface area contributed by atoms with Crippen molar-refractivity contribution in [3.63, 3.8) is 0 Å². The Bertz CT molecular complexity index is 217. The molecule has 0 amide bonds. The third kappa shape index (κ3) is 2.27. The molecule has 1 fully saturated rings. The van der Waals surface area contributed by atoms with Crippen molar-refractivity contribution >= 4 is 5.97 Å². The van der Waals surface area contributed by atoms with Gasteiger partial charge in [-0.3, -0.25) is 4.79 Å². The van der Waals surface area contributed by atoms with Gasteiger partial charge in [-0.2, -0.15) is 0 Å². The molecular formula is C11H21NO2. The standard InChI is InChI=1S/C11H21NO2/c1-10(2)6-12-7-11(3,4)8(10)5-9(13)14/h8,12H,5-7H2,1-4H3,(H,13,14). The molecular weight excluding hydrogens is 178 g/mol. The van der Waals surface area contributed by atoms with Crippen LogP contribution in [0.4, 0.5) is 0 Å². The van der Waals surface area contributed by atoms with Crippen LogP contribution in [0.2, 0.25) is 0 Å². The van der Waals surface area contributed by atoms with Crippen LogP contribution in [-0.2, 0) is 4.79 Å². The molecule has 82 valence electrons. The summed E-state index contributed by atoms with van der Waals surface area (Å²) in [7, 11) is 0. The van der Waals surface area contributed by atoms with Crippen LogP contribution in [-0.4, -0.2) is 24.2 Å². The van der Waals surface area contributed by atoms with E-state index in [1.807, 2.05) is 0 Å². The van der Waals surface area contributed by atoms with Crippen LogP contribution in [0.3, 0.4) is 0 Å². The lowest BCUT2D eigenvalue weighted by Crippen LogP contribution is -2.53. The van der Waals surface area contributed by atoms with Crippen molar-refractivity contribution in [2.45, 2.75) is 34.1 Å². The first-order valence-electron chi connectivity index (χ1n) is 5.18. The van der Waals surface area contributed by atoms with Crippen molar-refractivity contribution in [3.8, 4) is 0 Å². The maximum Gasteiger partial charge on any atom is 0.303 e. The van der Waals surface area contributed by atoms with Crippen LogP contribution >= 0.6 is 0 Å². The molecule has 0 aromatic heterocycles. The van der Waals surface area contributed by atoms with Gasteiger partial charge in [-0.05, 0) is 16.7 Å². The molecule has 0 aromatic carbocycles. The Labute approximate surface area is 85.9 Å². The van der Waals surface area contributed by atoms with Gasteiger partial charge in [0.25, 0.3) is 0 Å². The first-order chi connectivity index (χ1) is 6.26. The predicted molar refractivity (Wildman–Crippen MR) is 56.2 cm³/mol. The van der Waals surface area contributed by atoms with E-state index < -0.39 is 5.97 Å². The van der Waals surface area contributed by atoms with E-state index in [-0.39, 0.29) is 23.2 Å². The fourth-order valence-corrected chi connectivity index (χ4v) is 2.74. The Balaban J connectivity index is 2.85. The minimum absolute atomic E-state index is 0.0696. The quantitative estimate of drug-likeness (QED) is 0.712. The molecule has 0 spiro atoms. The monoisotopic (exact) mass is 199 g/mol. The zero-order valence-corrected chi connectivity index (χ0v) is 9.55. The summed E-state index contributed by atoms with van der Waals surface area (Å²) in [6.45, 7) is 10.4. The van der Waals surface area contributed by atoms with E-state index in [0.717, 1.165) is 13.1 Å². The highest BCUT2D eigenvalue weighted by molar-refractivity contribution is 5.67. The second kappa shape index (κ2) is 3.54. The molecule has 0 bridgehead atoms. The lowest BCUT2D eigenvalue weighted by molar-refractivity contribution is -0.141. The van der Waals surface area contributed by atoms with E-state index in [2.05, 4.69) is 33.0 Å². The maximum absolute atomic E-state index is 10.8. The zero-order valence-electron chi connectivity index (χ0n) is 9.55. The lowest BCUT2D eigenvalue weighted by Gasteiger charge is -2.49. The number of carbonyl (C=O) groups is 1. The van der Waals surface area contributed by atoms with E-state index in [1.165, 1.54) is 0 Å². The Morgan fingerprint density at radius 3 is 2.07 bits per heavy atom. The smallest absolute Gasteiger partial charge is 0.303 e. The number of nitrogens with one attached hydrogen (secondary N) is 1. The minimum Gasteiger partial charge on any atom is -0.481 e. The minimum atomic E-state index is -0.682. The normalized spacial score (nSPS) is 26.0. The number of carboxylic acids is 1. The second-order valence-electron chi connectivity index (χ2n) is 5.73. The SMILES string of the molecule is CC1(C)CNCC(C)(C)C1CC(=O)O. The molecule has 3 heteroatoms. The van der Waals surface area contributed by atoms with Gasteiger partial charge >= 0.3 is 5.97 Å². The molecule has 3 nitrogen and oxygen atoms in total. The fourth-order valence-electron chi connectivity index (χ4n) is 2.74. The van der Waals surface area contributed by atoms with Crippen molar-refractivity contribution in [2.75, 3.05) is 13.1 Å². The summed E-state index contributed by atoms with van der Waals surface area (Å²) in [6, 6.07) is 0. The highest BCUT2D eigenvalue weighted by Gasteiger charge is 2.44. The Morgan fingerprint density at radius 1 is 1.29 bits per heavy atom. The van der Waals surface area contributed by atoms with Crippen molar-refractivity contribution < 1.29 is 9.90 Å². The molecule has 0 unspecified atom stereocenters. The topological polar surface area (TPSA) is 49.3 Å². The second-order valence-corrected chi connectivity index (χ2v) is 5.73. The van der Waals surface area contributed by atoms with E-state index in [0.29, 0.717) is 0 Å². The number of aliphatic carboxylic acids is 1. The maximum atomic E-state index is 10.8. The molecule has 0 aromatic rings. The van der Waals surface area contributed by atoms with Crippen LogP contribution in [0.15, 0.2) is 0 Å². The van der Waals surface area contributed by atoms with Gasteiger partial charge in [0.2, 0.25) is 0 Å². The van der Waals surface area contributed by atoms with Gasteiger partial charge in [-0.25, -0.2) is 0 Å². The van der Waals surface area contributed by atoms with Crippen molar-refractivity contribution in [1.29, 1.82) is 0 Å². The third-order valence-electron chi connectivity index (χ3n) is 3.43. The summed E-state index contributed by atoms with van der Waals surface area (Å²) in [5, 5.41) is 12.3.